The van der Waals surface area contributed by atoms with Crippen LogP contribution >= 0.6 is 0 Å². The van der Waals surface area contributed by atoms with Crippen LogP contribution in [0.3, 0.4) is 0 Å². The van der Waals surface area contributed by atoms with Crippen LogP contribution in [0.25, 0.3) is 0 Å². The Labute approximate surface area is 118 Å². The second kappa shape index (κ2) is 5.49. The molecule has 1 aromatic carbocycles. The second-order valence-corrected chi connectivity index (χ2v) is 5.11. The molecule has 0 saturated carbocycles. The summed E-state index contributed by atoms with van der Waals surface area (Å²) in [4.78, 5) is 15.7. The van der Waals surface area contributed by atoms with E-state index in [2.05, 4.69) is 16.5 Å². The van der Waals surface area contributed by atoms with Crippen molar-refractivity contribution in [1.29, 1.82) is 0 Å². The molecular weight excluding hydrogens is 252 g/mol. The van der Waals surface area contributed by atoms with E-state index in [0.29, 0.717) is 13.0 Å². The molecule has 1 aliphatic carbocycles. The molecule has 0 spiro atoms. The monoisotopic (exact) mass is 270 g/mol. The number of Topliss-reactive ketones (excluding diaryl/α,β-unsaturated/α-hetero) is 1. The van der Waals surface area contributed by atoms with Crippen molar-refractivity contribution in [2.24, 2.45) is 0 Å². The zero-order valence-electron chi connectivity index (χ0n) is 11.6. The number of ketones is 1. The highest BCUT2D eigenvalue weighted by Crippen LogP contribution is 2.26. The van der Waals surface area contributed by atoms with E-state index >= 15 is 0 Å². The standard InChI is InChI=1S/C16H18N2O2/c1-2-7-18-11-17-9-13(18)10-20-14-4-5-15-12(8-14)3-6-16(15)19/h4-5,8-9,11H,2-3,6-7,10H2,1H3. The van der Waals surface area contributed by atoms with Gasteiger partial charge in [0.05, 0.1) is 18.2 Å². The van der Waals surface area contributed by atoms with Crippen molar-refractivity contribution in [2.75, 3.05) is 0 Å². The Morgan fingerprint density at radius 3 is 3.10 bits per heavy atom. The lowest BCUT2D eigenvalue weighted by molar-refractivity contribution is 0.0994. The smallest absolute Gasteiger partial charge is 0.163 e. The summed E-state index contributed by atoms with van der Waals surface area (Å²) in [6, 6.07) is 5.74. The predicted octanol–water partition coefficient (Wildman–Crippen LogP) is 3.00. The molecule has 4 heteroatoms. The third kappa shape index (κ3) is 2.46. The minimum absolute atomic E-state index is 0.243. The average molecular weight is 270 g/mol. The molecule has 1 heterocycles. The van der Waals surface area contributed by atoms with E-state index in [4.69, 9.17) is 4.74 Å². The predicted molar refractivity (Wildman–Crippen MR) is 75.9 cm³/mol. The first-order valence-electron chi connectivity index (χ1n) is 7.06. The first kappa shape index (κ1) is 12.9. The van der Waals surface area contributed by atoms with Gasteiger partial charge in [0.15, 0.2) is 5.78 Å². The summed E-state index contributed by atoms with van der Waals surface area (Å²) in [6.45, 7) is 3.60. The fraction of sp³-hybridized carbons (Fsp3) is 0.375. The van der Waals surface area contributed by atoms with Gasteiger partial charge in [-0.2, -0.15) is 0 Å². The minimum Gasteiger partial charge on any atom is -0.487 e. The number of fused-ring (bicyclic) bond motifs is 1. The molecule has 0 bridgehead atoms. The Kier molecular flexibility index (Phi) is 3.54. The number of nitrogens with zero attached hydrogens (tertiary/aromatic N) is 2. The molecule has 0 fully saturated rings. The van der Waals surface area contributed by atoms with E-state index in [1.165, 1.54) is 0 Å². The molecule has 104 valence electrons. The fourth-order valence-electron chi connectivity index (χ4n) is 2.59. The van der Waals surface area contributed by atoms with E-state index < -0.39 is 0 Å². The molecule has 1 aromatic heterocycles. The van der Waals surface area contributed by atoms with Gasteiger partial charge in [-0.05, 0) is 36.6 Å². The summed E-state index contributed by atoms with van der Waals surface area (Å²) in [6.07, 6.45) is 6.21. The zero-order chi connectivity index (χ0) is 13.9. The van der Waals surface area contributed by atoms with Crippen LogP contribution in [0.1, 0.15) is 41.4 Å². The number of ether oxygens (including phenoxy) is 1. The highest BCUT2D eigenvalue weighted by molar-refractivity contribution is 6.00. The van der Waals surface area contributed by atoms with Crippen LogP contribution in [0.4, 0.5) is 0 Å². The third-order valence-corrected chi connectivity index (χ3v) is 3.65. The molecule has 0 N–H and O–H groups in total. The van der Waals surface area contributed by atoms with Gasteiger partial charge >= 0.3 is 0 Å². The first-order chi connectivity index (χ1) is 9.78. The lowest BCUT2D eigenvalue weighted by Crippen LogP contribution is -2.05. The summed E-state index contributed by atoms with van der Waals surface area (Å²) in [5.41, 5.74) is 3.03. The number of imidazole rings is 1. The summed E-state index contributed by atoms with van der Waals surface area (Å²) in [7, 11) is 0. The highest BCUT2D eigenvalue weighted by atomic mass is 16.5. The van der Waals surface area contributed by atoms with Crippen LogP contribution in [0.15, 0.2) is 30.7 Å². The molecule has 1 aliphatic rings. The number of carbonyl (C=O) groups excluding carboxylic acids is 1. The Bertz CT molecular complexity index is 631. The molecule has 0 unspecified atom stereocenters. The van der Waals surface area contributed by atoms with Gasteiger partial charge in [-0.3, -0.25) is 4.79 Å². The lowest BCUT2D eigenvalue weighted by atomic mass is 10.1. The van der Waals surface area contributed by atoms with Crippen molar-refractivity contribution in [1.82, 2.24) is 9.55 Å². The number of hydrogen-bond donors (Lipinski definition) is 0. The summed E-state index contributed by atoms with van der Waals surface area (Å²) in [5, 5.41) is 0. The third-order valence-electron chi connectivity index (χ3n) is 3.65. The number of hydrogen-bond acceptors (Lipinski definition) is 3. The van der Waals surface area contributed by atoms with E-state index in [1.54, 1.807) is 0 Å². The van der Waals surface area contributed by atoms with Gasteiger partial charge in [-0.15, -0.1) is 0 Å². The zero-order valence-corrected chi connectivity index (χ0v) is 11.6. The van der Waals surface area contributed by atoms with Crippen LogP contribution in [-0.2, 0) is 19.6 Å². The van der Waals surface area contributed by atoms with Gasteiger partial charge < -0.3 is 9.30 Å². The molecule has 0 amide bonds. The van der Waals surface area contributed by atoms with Crippen molar-refractivity contribution < 1.29 is 9.53 Å². The van der Waals surface area contributed by atoms with Gasteiger partial charge in [0, 0.05) is 18.5 Å². The summed E-state index contributed by atoms with van der Waals surface area (Å²) < 4.78 is 7.93. The lowest BCUT2D eigenvalue weighted by Gasteiger charge is -2.10. The molecule has 20 heavy (non-hydrogen) atoms. The molecule has 4 nitrogen and oxygen atoms in total. The van der Waals surface area contributed by atoms with Crippen LogP contribution in [-0.4, -0.2) is 15.3 Å². The van der Waals surface area contributed by atoms with E-state index in [0.717, 1.165) is 42.0 Å². The van der Waals surface area contributed by atoms with Crippen LogP contribution in [0.5, 0.6) is 5.75 Å². The van der Waals surface area contributed by atoms with Gasteiger partial charge in [0.25, 0.3) is 0 Å². The Hall–Kier alpha value is -2.10. The number of aromatic nitrogens is 2. The Morgan fingerprint density at radius 2 is 2.25 bits per heavy atom. The van der Waals surface area contributed by atoms with Gasteiger partial charge in [0.2, 0.25) is 0 Å². The maximum Gasteiger partial charge on any atom is 0.163 e. The highest BCUT2D eigenvalue weighted by Gasteiger charge is 2.19. The van der Waals surface area contributed by atoms with E-state index in [9.17, 15) is 4.79 Å². The van der Waals surface area contributed by atoms with Crippen molar-refractivity contribution in [3.05, 3.63) is 47.5 Å². The SMILES string of the molecule is CCCn1cncc1COc1ccc2c(c1)CCC2=O. The fourth-order valence-corrected chi connectivity index (χ4v) is 2.59. The Morgan fingerprint density at radius 1 is 1.35 bits per heavy atom. The molecule has 0 radical (unpaired) electrons. The van der Waals surface area contributed by atoms with Crippen molar-refractivity contribution >= 4 is 5.78 Å². The minimum atomic E-state index is 0.243. The Balaban J connectivity index is 1.70. The summed E-state index contributed by atoms with van der Waals surface area (Å²) >= 11 is 0. The number of rotatable bonds is 5. The number of benzene rings is 1. The van der Waals surface area contributed by atoms with Crippen LogP contribution in [0.2, 0.25) is 0 Å². The van der Waals surface area contributed by atoms with E-state index in [-0.39, 0.29) is 5.78 Å². The summed E-state index contributed by atoms with van der Waals surface area (Å²) in [5.74, 6) is 1.07. The van der Waals surface area contributed by atoms with Gasteiger partial charge in [-0.25, -0.2) is 4.98 Å². The number of aryl methyl sites for hydroxylation is 2. The molecule has 0 aliphatic heterocycles. The molecule has 0 saturated heterocycles. The maximum absolute atomic E-state index is 11.6. The number of carbonyl (C=O) groups is 1. The van der Waals surface area contributed by atoms with Crippen LogP contribution < -0.4 is 4.74 Å². The molecule has 0 atom stereocenters. The van der Waals surface area contributed by atoms with Crippen LogP contribution in [0, 0.1) is 0 Å². The maximum atomic E-state index is 11.6. The molecule has 2 aromatic rings. The quantitative estimate of drug-likeness (QED) is 0.839. The van der Waals surface area contributed by atoms with Gasteiger partial charge in [0.1, 0.15) is 12.4 Å². The van der Waals surface area contributed by atoms with Crippen molar-refractivity contribution in [2.45, 2.75) is 39.3 Å². The normalized spacial score (nSPS) is 13.6. The first-order valence-corrected chi connectivity index (χ1v) is 7.06. The van der Waals surface area contributed by atoms with Crippen molar-refractivity contribution in [3.8, 4) is 5.75 Å². The van der Waals surface area contributed by atoms with Gasteiger partial charge in [-0.1, -0.05) is 6.92 Å². The van der Waals surface area contributed by atoms with E-state index in [1.807, 2.05) is 30.7 Å². The average Bonchev–Trinajstić information content (AvgIpc) is 3.04. The molecular formula is C16H18N2O2. The molecule has 3 rings (SSSR count). The largest absolute Gasteiger partial charge is 0.487 e. The van der Waals surface area contributed by atoms with Crippen molar-refractivity contribution in [3.63, 3.8) is 0 Å². The second-order valence-electron chi connectivity index (χ2n) is 5.11. The topological polar surface area (TPSA) is 44.1 Å².